The quantitative estimate of drug-likeness (QED) is 0.181. The number of methoxy groups -OCH3 is 1. The molecule has 198 valence electrons. The molecule has 1 aliphatic heterocycles. The molecule has 0 radical (unpaired) electrons. The number of hydrogen-bond donors (Lipinski definition) is 1. The summed E-state index contributed by atoms with van der Waals surface area (Å²) in [7, 11) is 1.63. The van der Waals surface area contributed by atoms with Gasteiger partial charge in [0, 0.05) is 7.11 Å². The van der Waals surface area contributed by atoms with Crippen molar-refractivity contribution in [3.8, 4) is 11.5 Å². The van der Waals surface area contributed by atoms with Gasteiger partial charge in [0.05, 0.1) is 50.8 Å². The Hall–Kier alpha value is -2.16. The molecule has 0 spiro atoms. The fraction of sp³-hybridized carbons (Fsp3) is 0.704. The van der Waals surface area contributed by atoms with E-state index in [1.807, 2.05) is 0 Å². The Morgan fingerprint density at radius 1 is 0.600 bits per heavy atom. The number of rotatable bonds is 22. The normalized spacial score (nSPS) is 12.6. The second kappa shape index (κ2) is 18.2. The van der Waals surface area contributed by atoms with Gasteiger partial charge in [0.15, 0.2) is 11.5 Å². The van der Waals surface area contributed by atoms with E-state index < -0.39 is 11.8 Å². The van der Waals surface area contributed by atoms with Crippen molar-refractivity contribution in [1.82, 2.24) is 5.32 Å². The minimum absolute atomic E-state index is 0.293. The molecule has 8 nitrogen and oxygen atoms in total. The fourth-order valence-electron chi connectivity index (χ4n) is 3.85. The highest BCUT2D eigenvalue weighted by Gasteiger charge is 2.29. The molecule has 2 rings (SSSR count). The summed E-state index contributed by atoms with van der Waals surface area (Å²) in [5.41, 5.74) is 0.633. The molecule has 1 aliphatic rings. The first-order valence-electron chi connectivity index (χ1n) is 13.1. The maximum absolute atomic E-state index is 12.1. The van der Waals surface area contributed by atoms with Crippen molar-refractivity contribution < 1.29 is 33.3 Å². The van der Waals surface area contributed by atoms with Gasteiger partial charge in [0.25, 0.3) is 11.8 Å². The number of unbranched alkanes of at least 4 members (excludes halogenated alkanes) is 9. The van der Waals surface area contributed by atoms with Gasteiger partial charge in [-0.3, -0.25) is 14.9 Å². The van der Waals surface area contributed by atoms with E-state index in [0.717, 1.165) is 12.8 Å². The lowest BCUT2D eigenvalue weighted by Gasteiger charge is -2.14. The van der Waals surface area contributed by atoms with E-state index in [1.165, 1.54) is 51.4 Å². The second-order valence-electron chi connectivity index (χ2n) is 8.72. The van der Waals surface area contributed by atoms with Crippen molar-refractivity contribution in [3.05, 3.63) is 23.3 Å². The summed E-state index contributed by atoms with van der Waals surface area (Å²) in [5, 5.41) is 2.32. The minimum Gasteiger partial charge on any atom is -0.490 e. The molecule has 35 heavy (non-hydrogen) atoms. The summed E-state index contributed by atoms with van der Waals surface area (Å²) >= 11 is 0. The van der Waals surface area contributed by atoms with Crippen molar-refractivity contribution in [2.24, 2.45) is 0 Å². The van der Waals surface area contributed by atoms with Crippen LogP contribution in [-0.4, -0.2) is 65.2 Å². The maximum atomic E-state index is 12.1. The molecule has 1 N–H and O–H groups in total. The summed E-state index contributed by atoms with van der Waals surface area (Å²) < 4.78 is 27.6. The number of hydrogen-bond acceptors (Lipinski definition) is 7. The molecule has 0 saturated carbocycles. The topological polar surface area (TPSA) is 92.3 Å². The van der Waals surface area contributed by atoms with Crippen molar-refractivity contribution in [3.63, 3.8) is 0 Å². The Labute approximate surface area is 210 Å². The lowest BCUT2D eigenvalue weighted by Crippen LogP contribution is -2.19. The molecule has 8 heteroatoms. The van der Waals surface area contributed by atoms with Gasteiger partial charge in [0.1, 0.15) is 6.61 Å². The summed E-state index contributed by atoms with van der Waals surface area (Å²) in [6.07, 6.45) is 12.5. The number of carbonyl (C=O) groups excluding carboxylic acids is 2. The van der Waals surface area contributed by atoms with Gasteiger partial charge in [-0.15, -0.1) is 0 Å². The minimum atomic E-state index is -0.416. The summed E-state index contributed by atoms with van der Waals surface area (Å²) in [5.74, 6) is 0.103. The lowest BCUT2D eigenvalue weighted by molar-refractivity contribution is 0.0177. The van der Waals surface area contributed by atoms with Crippen LogP contribution in [0.2, 0.25) is 0 Å². The Kier molecular flexibility index (Phi) is 15.1. The van der Waals surface area contributed by atoms with Crippen LogP contribution in [0.5, 0.6) is 11.5 Å². The number of nitrogens with one attached hydrogen (secondary N) is 1. The number of ether oxygens (including phenoxy) is 5. The third kappa shape index (κ3) is 11.4. The Morgan fingerprint density at radius 2 is 1.06 bits per heavy atom. The zero-order valence-electron chi connectivity index (χ0n) is 21.5. The first-order valence-corrected chi connectivity index (χ1v) is 13.1. The Morgan fingerprint density at radius 3 is 1.60 bits per heavy atom. The van der Waals surface area contributed by atoms with Crippen molar-refractivity contribution >= 4 is 11.8 Å². The van der Waals surface area contributed by atoms with E-state index in [4.69, 9.17) is 23.7 Å². The molecule has 1 aromatic rings. The lowest BCUT2D eigenvalue weighted by atomic mass is 10.1. The number of fused-ring (bicyclic) bond motifs is 1. The molecular weight excluding hydrogens is 450 g/mol. The third-order valence-electron chi connectivity index (χ3n) is 5.84. The first kappa shape index (κ1) is 29.1. The standard InChI is InChI=1S/C27H43NO7/c1-3-4-5-6-7-8-9-10-11-12-13-34-24-20-22-23(27(30)28-26(22)29)21-25(24)35-19-18-33-17-16-32-15-14-31-2/h20-21H,3-19H2,1-2H3,(H,28,29,30). The average Bonchev–Trinajstić information content (AvgIpc) is 3.13. The molecule has 0 fully saturated rings. The molecule has 0 bridgehead atoms. The van der Waals surface area contributed by atoms with E-state index in [0.29, 0.717) is 68.9 Å². The SMILES string of the molecule is CCCCCCCCCCCCOc1cc2c(cc1OCCOCCOCCOC)C(=O)NC2=O. The van der Waals surface area contributed by atoms with Crippen LogP contribution in [0.1, 0.15) is 91.8 Å². The van der Waals surface area contributed by atoms with Crippen LogP contribution >= 0.6 is 0 Å². The average molecular weight is 494 g/mol. The van der Waals surface area contributed by atoms with E-state index in [2.05, 4.69) is 12.2 Å². The van der Waals surface area contributed by atoms with Crippen LogP contribution < -0.4 is 14.8 Å². The van der Waals surface area contributed by atoms with E-state index >= 15 is 0 Å². The highest BCUT2D eigenvalue weighted by Crippen LogP contribution is 2.33. The zero-order chi connectivity index (χ0) is 25.1. The molecule has 1 heterocycles. The summed E-state index contributed by atoms with van der Waals surface area (Å²) in [6.45, 7) is 5.47. The van der Waals surface area contributed by atoms with Crippen molar-refractivity contribution in [1.29, 1.82) is 0 Å². The molecule has 2 amide bonds. The summed E-state index contributed by atoms with van der Waals surface area (Å²) in [4.78, 5) is 24.1. The zero-order valence-corrected chi connectivity index (χ0v) is 21.5. The third-order valence-corrected chi connectivity index (χ3v) is 5.84. The van der Waals surface area contributed by atoms with Crippen LogP contribution in [0.15, 0.2) is 12.1 Å². The predicted octanol–water partition coefficient (Wildman–Crippen LogP) is 4.93. The molecule has 0 unspecified atom stereocenters. The first-order chi connectivity index (χ1) is 17.2. The molecule has 0 aliphatic carbocycles. The maximum Gasteiger partial charge on any atom is 0.259 e. The number of carbonyl (C=O) groups is 2. The van der Waals surface area contributed by atoms with Gasteiger partial charge in [-0.05, 0) is 18.6 Å². The van der Waals surface area contributed by atoms with Gasteiger partial charge < -0.3 is 23.7 Å². The highest BCUT2D eigenvalue weighted by molar-refractivity contribution is 6.21. The van der Waals surface area contributed by atoms with Gasteiger partial charge >= 0.3 is 0 Å². The number of amides is 2. The van der Waals surface area contributed by atoms with Crippen LogP contribution in [0, 0.1) is 0 Å². The smallest absolute Gasteiger partial charge is 0.259 e. The monoisotopic (exact) mass is 493 g/mol. The Balaban J connectivity index is 1.71. The molecule has 0 saturated heterocycles. The van der Waals surface area contributed by atoms with Crippen LogP contribution in [0.3, 0.4) is 0 Å². The highest BCUT2D eigenvalue weighted by atomic mass is 16.6. The van der Waals surface area contributed by atoms with Crippen LogP contribution in [-0.2, 0) is 14.2 Å². The van der Waals surface area contributed by atoms with Crippen molar-refractivity contribution in [2.75, 3.05) is 53.4 Å². The van der Waals surface area contributed by atoms with Gasteiger partial charge in [-0.2, -0.15) is 0 Å². The van der Waals surface area contributed by atoms with E-state index in [1.54, 1.807) is 19.2 Å². The predicted molar refractivity (Wildman–Crippen MR) is 135 cm³/mol. The van der Waals surface area contributed by atoms with E-state index in [9.17, 15) is 9.59 Å². The van der Waals surface area contributed by atoms with Crippen LogP contribution in [0.25, 0.3) is 0 Å². The van der Waals surface area contributed by atoms with E-state index in [-0.39, 0.29) is 0 Å². The fourth-order valence-corrected chi connectivity index (χ4v) is 3.85. The number of benzene rings is 1. The largest absolute Gasteiger partial charge is 0.490 e. The molecule has 0 atom stereocenters. The van der Waals surface area contributed by atoms with Crippen LogP contribution in [0.4, 0.5) is 0 Å². The summed E-state index contributed by atoms with van der Waals surface area (Å²) in [6, 6.07) is 3.18. The molecule has 0 aromatic heterocycles. The van der Waals surface area contributed by atoms with Gasteiger partial charge in [0.2, 0.25) is 0 Å². The second-order valence-corrected chi connectivity index (χ2v) is 8.72. The van der Waals surface area contributed by atoms with Crippen molar-refractivity contribution in [2.45, 2.75) is 71.1 Å². The van der Waals surface area contributed by atoms with Gasteiger partial charge in [-0.25, -0.2) is 0 Å². The number of imide groups is 1. The molecule has 1 aromatic carbocycles. The van der Waals surface area contributed by atoms with Gasteiger partial charge in [-0.1, -0.05) is 64.7 Å². The Bertz CT molecular complexity index is 753. The molecular formula is C27H43NO7.